The van der Waals surface area contributed by atoms with Crippen LogP contribution in [-0.2, 0) is 4.79 Å². The lowest BCUT2D eigenvalue weighted by Gasteiger charge is -2.03. The number of nitrogens with one attached hydrogen (secondary N) is 2. The van der Waals surface area contributed by atoms with E-state index in [-0.39, 0.29) is 11.8 Å². The lowest BCUT2D eigenvalue weighted by molar-refractivity contribution is -0.114. The molecule has 0 saturated heterocycles. The third kappa shape index (κ3) is 5.17. The summed E-state index contributed by atoms with van der Waals surface area (Å²) >= 11 is 6.94. The van der Waals surface area contributed by atoms with Gasteiger partial charge >= 0.3 is 0 Å². The number of hydrogen-bond acceptors (Lipinski definition) is 4. The molecule has 28 heavy (non-hydrogen) atoms. The van der Waals surface area contributed by atoms with Crippen LogP contribution in [0.4, 0.5) is 5.69 Å². The van der Waals surface area contributed by atoms with Gasteiger partial charge in [0.25, 0.3) is 5.91 Å². The predicted octanol–water partition coefficient (Wildman–Crippen LogP) is 5.19. The molecule has 0 spiro atoms. The first kappa shape index (κ1) is 20.0. The molecule has 142 valence electrons. The van der Waals surface area contributed by atoms with Gasteiger partial charge in [0.15, 0.2) is 0 Å². The molecule has 0 bridgehead atoms. The number of rotatable bonds is 5. The van der Waals surface area contributed by atoms with Crippen LogP contribution >= 0.6 is 31.9 Å². The van der Waals surface area contributed by atoms with Gasteiger partial charge in [0.1, 0.15) is 11.5 Å². The van der Waals surface area contributed by atoms with E-state index < -0.39 is 0 Å². The number of benzene rings is 2. The van der Waals surface area contributed by atoms with E-state index in [0.717, 1.165) is 14.5 Å². The van der Waals surface area contributed by atoms with Crippen LogP contribution in [0.1, 0.15) is 23.0 Å². The third-order valence-electron chi connectivity index (χ3n) is 3.65. The van der Waals surface area contributed by atoms with Crippen molar-refractivity contribution >= 4 is 55.6 Å². The molecular weight excluding hydrogens is 490 g/mol. The number of hydrazone groups is 1. The number of halogens is 2. The lowest BCUT2D eigenvalue weighted by Crippen LogP contribution is -2.17. The van der Waals surface area contributed by atoms with E-state index >= 15 is 0 Å². The minimum absolute atomic E-state index is 0.172. The number of hydrogen-bond donors (Lipinski definition) is 2. The number of carbonyl (C=O) groups is 2. The SMILES string of the molecule is CC(=O)Nc1ccc(C(=O)N/N=C/c2ccc(-c3cc(Br)ccc3Br)o2)cc1. The summed E-state index contributed by atoms with van der Waals surface area (Å²) in [6, 6.07) is 15.9. The molecule has 0 unspecified atom stereocenters. The number of carbonyl (C=O) groups excluding carboxylic acids is 2. The zero-order valence-corrected chi connectivity index (χ0v) is 17.9. The second kappa shape index (κ2) is 8.99. The first-order valence-corrected chi connectivity index (χ1v) is 9.77. The van der Waals surface area contributed by atoms with Gasteiger partial charge in [-0.05, 0) is 54.6 Å². The summed E-state index contributed by atoms with van der Waals surface area (Å²) in [5.74, 6) is 0.638. The van der Waals surface area contributed by atoms with Crippen molar-refractivity contribution in [1.82, 2.24) is 5.43 Å². The highest BCUT2D eigenvalue weighted by molar-refractivity contribution is 9.11. The molecule has 0 aliphatic heterocycles. The van der Waals surface area contributed by atoms with Gasteiger partial charge in [-0.25, -0.2) is 5.43 Å². The van der Waals surface area contributed by atoms with Gasteiger partial charge in [0.05, 0.1) is 6.21 Å². The molecule has 2 amide bonds. The second-order valence-electron chi connectivity index (χ2n) is 5.78. The van der Waals surface area contributed by atoms with Gasteiger partial charge in [-0.15, -0.1) is 0 Å². The Morgan fingerprint density at radius 3 is 2.50 bits per heavy atom. The van der Waals surface area contributed by atoms with Gasteiger partial charge in [0.2, 0.25) is 5.91 Å². The molecule has 0 fully saturated rings. The molecule has 1 heterocycles. The van der Waals surface area contributed by atoms with Gasteiger partial charge in [-0.1, -0.05) is 31.9 Å². The normalized spacial score (nSPS) is 10.8. The molecular formula is C20H15Br2N3O3. The Balaban J connectivity index is 1.63. The number of amides is 2. The van der Waals surface area contributed by atoms with Gasteiger partial charge < -0.3 is 9.73 Å². The maximum Gasteiger partial charge on any atom is 0.271 e. The highest BCUT2D eigenvalue weighted by atomic mass is 79.9. The molecule has 0 radical (unpaired) electrons. The average molecular weight is 505 g/mol. The Hall–Kier alpha value is -2.71. The molecule has 0 saturated carbocycles. The van der Waals surface area contributed by atoms with E-state index in [0.29, 0.717) is 22.8 Å². The van der Waals surface area contributed by atoms with E-state index in [9.17, 15) is 9.59 Å². The molecule has 2 aromatic carbocycles. The first-order chi connectivity index (χ1) is 13.4. The minimum Gasteiger partial charge on any atom is -0.455 e. The van der Waals surface area contributed by atoms with Crippen LogP contribution in [0.25, 0.3) is 11.3 Å². The van der Waals surface area contributed by atoms with E-state index in [1.54, 1.807) is 30.3 Å². The quantitative estimate of drug-likeness (QED) is 0.370. The predicted molar refractivity (Wildman–Crippen MR) is 115 cm³/mol. The van der Waals surface area contributed by atoms with Gasteiger partial charge in [-0.3, -0.25) is 9.59 Å². The van der Waals surface area contributed by atoms with Crippen LogP contribution in [0.5, 0.6) is 0 Å². The van der Waals surface area contributed by atoms with Crippen LogP contribution in [-0.4, -0.2) is 18.0 Å². The number of furan rings is 1. The summed E-state index contributed by atoms with van der Waals surface area (Å²) < 4.78 is 7.60. The molecule has 8 heteroatoms. The molecule has 2 N–H and O–H groups in total. The maximum atomic E-state index is 12.1. The number of anilines is 1. The van der Waals surface area contributed by atoms with Crippen LogP contribution in [0.15, 0.2) is 73.1 Å². The monoisotopic (exact) mass is 503 g/mol. The molecule has 0 atom stereocenters. The number of nitrogens with zero attached hydrogens (tertiary/aromatic N) is 1. The van der Waals surface area contributed by atoms with Crippen molar-refractivity contribution in [1.29, 1.82) is 0 Å². The zero-order valence-electron chi connectivity index (χ0n) is 14.7. The van der Waals surface area contributed by atoms with Crippen LogP contribution in [0.2, 0.25) is 0 Å². The van der Waals surface area contributed by atoms with Crippen molar-refractivity contribution in [3.05, 3.63) is 74.9 Å². The maximum absolute atomic E-state index is 12.1. The van der Waals surface area contributed by atoms with E-state index in [2.05, 4.69) is 47.7 Å². The van der Waals surface area contributed by atoms with Crippen molar-refractivity contribution in [2.75, 3.05) is 5.32 Å². The van der Waals surface area contributed by atoms with E-state index in [4.69, 9.17) is 4.42 Å². The van der Waals surface area contributed by atoms with Gasteiger partial charge in [-0.2, -0.15) is 5.10 Å². The molecule has 1 aromatic heterocycles. The molecule has 0 aliphatic rings. The van der Waals surface area contributed by atoms with E-state index in [1.807, 2.05) is 24.3 Å². The summed E-state index contributed by atoms with van der Waals surface area (Å²) in [7, 11) is 0. The average Bonchev–Trinajstić information content (AvgIpc) is 3.12. The van der Waals surface area contributed by atoms with Crippen molar-refractivity contribution < 1.29 is 14.0 Å². The standard InChI is InChI=1S/C20H15Br2N3O3/c1-12(26)24-15-5-2-13(3-6-15)20(27)25-23-11-16-7-9-19(28-16)17-10-14(21)4-8-18(17)22/h2-11H,1H3,(H,24,26)(H,25,27)/b23-11+. The Bertz CT molecular complexity index is 1040. The highest BCUT2D eigenvalue weighted by Crippen LogP contribution is 2.31. The van der Waals surface area contributed by atoms with Crippen molar-refractivity contribution in [3.63, 3.8) is 0 Å². The highest BCUT2D eigenvalue weighted by Gasteiger charge is 2.09. The summed E-state index contributed by atoms with van der Waals surface area (Å²) in [5, 5.41) is 6.57. The van der Waals surface area contributed by atoms with E-state index in [1.165, 1.54) is 13.1 Å². The van der Waals surface area contributed by atoms with Crippen LogP contribution in [0, 0.1) is 0 Å². The molecule has 3 rings (SSSR count). The summed E-state index contributed by atoms with van der Waals surface area (Å²) in [6.45, 7) is 1.42. The van der Waals surface area contributed by atoms with Crippen LogP contribution in [0.3, 0.4) is 0 Å². The Morgan fingerprint density at radius 2 is 1.79 bits per heavy atom. The molecule has 0 aliphatic carbocycles. The Kier molecular flexibility index (Phi) is 6.43. The summed E-state index contributed by atoms with van der Waals surface area (Å²) in [6.07, 6.45) is 1.43. The largest absolute Gasteiger partial charge is 0.455 e. The van der Waals surface area contributed by atoms with Crippen molar-refractivity contribution in [2.24, 2.45) is 5.10 Å². The summed E-state index contributed by atoms with van der Waals surface area (Å²) in [4.78, 5) is 23.1. The Labute approximate surface area is 178 Å². The van der Waals surface area contributed by atoms with Gasteiger partial charge in [0, 0.05) is 32.7 Å². The lowest BCUT2D eigenvalue weighted by atomic mass is 10.2. The third-order valence-corrected chi connectivity index (χ3v) is 4.83. The minimum atomic E-state index is -0.368. The molecule has 6 nitrogen and oxygen atoms in total. The molecule has 3 aromatic rings. The smallest absolute Gasteiger partial charge is 0.271 e. The first-order valence-electron chi connectivity index (χ1n) is 8.19. The second-order valence-corrected chi connectivity index (χ2v) is 7.55. The van der Waals surface area contributed by atoms with Crippen LogP contribution < -0.4 is 10.7 Å². The fraction of sp³-hybridized carbons (Fsp3) is 0.0500. The van der Waals surface area contributed by atoms with Crippen molar-refractivity contribution in [3.8, 4) is 11.3 Å². The fourth-order valence-corrected chi connectivity index (χ4v) is 3.18. The zero-order chi connectivity index (χ0) is 20.1. The fourth-order valence-electron chi connectivity index (χ4n) is 2.38. The topological polar surface area (TPSA) is 83.7 Å². The Morgan fingerprint density at radius 1 is 1.04 bits per heavy atom. The summed E-state index contributed by atoms with van der Waals surface area (Å²) in [5.41, 5.74) is 4.38. The van der Waals surface area contributed by atoms with Crippen molar-refractivity contribution in [2.45, 2.75) is 6.92 Å².